The first-order valence-corrected chi connectivity index (χ1v) is 10.5. The van der Waals surface area contributed by atoms with E-state index in [1.807, 2.05) is 49.1 Å². The van der Waals surface area contributed by atoms with Gasteiger partial charge >= 0.3 is 0 Å². The summed E-state index contributed by atoms with van der Waals surface area (Å²) in [6.45, 7) is 6.81. The highest BCUT2D eigenvalue weighted by molar-refractivity contribution is 5.94. The van der Waals surface area contributed by atoms with Gasteiger partial charge in [-0.2, -0.15) is 4.98 Å². The molecule has 8 heteroatoms. The van der Waals surface area contributed by atoms with Gasteiger partial charge in [0.15, 0.2) is 5.82 Å². The number of aromatic nitrogens is 3. The van der Waals surface area contributed by atoms with Gasteiger partial charge < -0.3 is 19.1 Å². The summed E-state index contributed by atoms with van der Waals surface area (Å²) in [6.07, 6.45) is 2.61. The maximum Gasteiger partial charge on any atom is 0.261 e. The van der Waals surface area contributed by atoms with Crippen LogP contribution in [0.25, 0.3) is 11.5 Å². The van der Waals surface area contributed by atoms with Gasteiger partial charge in [0.1, 0.15) is 11.6 Å². The van der Waals surface area contributed by atoms with Gasteiger partial charge in [-0.05, 0) is 36.8 Å². The van der Waals surface area contributed by atoms with Gasteiger partial charge in [0.2, 0.25) is 0 Å². The largest absolute Gasteiger partial charge is 0.497 e. The minimum Gasteiger partial charge on any atom is -0.497 e. The highest BCUT2D eigenvalue weighted by atomic mass is 16.5. The summed E-state index contributed by atoms with van der Waals surface area (Å²) in [4.78, 5) is 26.2. The number of methoxy groups -OCH3 is 1. The molecule has 1 aromatic carbocycles. The zero-order chi connectivity index (χ0) is 21.8. The Bertz CT molecular complexity index is 1050. The molecule has 8 nitrogen and oxygen atoms in total. The lowest BCUT2D eigenvalue weighted by Gasteiger charge is -2.24. The maximum absolute atomic E-state index is 13.0. The van der Waals surface area contributed by atoms with E-state index in [0.29, 0.717) is 42.7 Å². The number of rotatable bonds is 5. The fourth-order valence-corrected chi connectivity index (χ4v) is 3.67. The summed E-state index contributed by atoms with van der Waals surface area (Å²) < 4.78 is 10.8. The summed E-state index contributed by atoms with van der Waals surface area (Å²) in [5.74, 6) is 2.83. The molecule has 0 bridgehead atoms. The molecule has 0 saturated carbocycles. The van der Waals surface area contributed by atoms with Crippen molar-refractivity contribution in [2.24, 2.45) is 0 Å². The van der Waals surface area contributed by atoms with Crippen molar-refractivity contribution in [1.29, 1.82) is 0 Å². The van der Waals surface area contributed by atoms with Crippen molar-refractivity contribution in [2.75, 3.05) is 38.2 Å². The molecule has 1 aliphatic rings. The number of hydrogen-bond acceptors (Lipinski definition) is 7. The number of amides is 1. The number of anilines is 1. The number of nitrogens with zero attached hydrogens (tertiary/aromatic N) is 5. The van der Waals surface area contributed by atoms with Crippen molar-refractivity contribution < 1.29 is 14.1 Å². The molecule has 0 atom stereocenters. The Kier molecular flexibility index (Phi) is 6.16. The summed E-state index contributed by atoms with van der Waals surface area (Å²) in [5, 5.41) is 4.08. The number of pyridine rings is 1. The maximum atomic E-state index is 13.0. The van der Waals surface area contributed by atoms with E-state index in [1.165, 1.54) is 0 Å². The SMILES string of the molecule is COc1cccc(C(=O)N2CCCN(c3ncccc3-c3nc(C(C)C)no3)CC2)c1. The lowest BCUT2D eigenvalue weighted by molar-refractivity contribution is 0.0766. The van der Waals surface area contributed by atoms with E-state index in [1.54, 1.807) is 19.4 Å². The molecule has 0 aliphatic carbocycles. The Labute approximate surface area is 181 Å². The third kappa shape index (κ3) is 4.52. The van der Waals surface area contributed by atoms with E-state index >= 15 is 0 Å². The smallest absolute Gasteiger partial charge is 0.261 e. The molecule has 4 rings (SSSR count). The van der Waals surface area contributed by atoms with E-state index in [2.05, 4.69) is 20.0 Å². The lowest BCUT2D eigenvalue weighted by Crippen LogP contribution is -2.35. The van der Waals surface area contributed by atoms with Crippen molar-refractivity contribution in [3.63, 3.8) is 0 Å². The van der Waals surface area contributed by atoms with Gasteiger partial charge in [-0.3, -0.25) is 4.79 Å². The van der Waals surface area contributed by atoms with Crippen LogP contribution in [-0.4, -0.2) is 59.2 Å². The lowest BCUT2D eigenvalue weighted by atomic mass is 10.2. The van der Waals surface area contributed by atoms with Gasteiger partial charge in [-0.1, -0.05) is 25.1 Å². The highest BCUT2D eigenvalue weighted by Gasteiger charge is 2.24. The first-order valence-electron chi connectivity index (χ1n) is 10.5. The zero-order valence-electron chi connectivity index (χ0n) is 18.1. The highest BCUT2D eigenvalue weighted by Crippen LogP contribution is 2.29. The molecule has 3 aromatic rings. The average molecular weight is 422 g/mol. The van der Waals surface area contributed by atoms with Gasteiger partial charge in [-0.15, -0.1) is 0 Å². The van der Waals surface area contributed by atoms with Crippen molar-refractivity contribution >= 4 is 11.7 Å². The third-order valence-corrected chi connectivity index (χ3v) is 5.37. The molecular weight excluding hydrogens is 394 g/mol. The number of hydrogen-bond donors (Lipinski definition) is 0. The van der Waals surface area contributed by atoms with Crippen LogP contribution in [0.2, 0.25) is 0 Å². The van der Waals surface area contributed by atoms with E-state index in [-0.39, 0.29) is 11.8 Å². The van der Waals surface area contributed by atoms with E-state index in [9.17, 15) is 4.79 Å². The van der Waals surface area contributed by atoms with Crippen LogP contribution in [0.4, 0.5) is 5.82 Å². The molecule has 1 aliphatic heterocycles. The normalized spacial score (nSPS) is 14.6. The van der Waals surface area contributed by atoms with Crippen LogP contribution in [0.3, 0.4) is 0 Å². The average Bonchev–Trinajstić information content (AvgIpc) is 3.17. The van der Waals surface area contributed by atoms with Crippen LogP contribution >= 0.6 is 0 Å². The van der Waals surface area contributed by atoms with Crippen molar-refractivity contribution in [3.8, 4) is 17.2 Å². The first kappa shape index (κ1) is 20.8. The Morgan fingerprint density at radius 2 is 2.00 bits per heavy atom. The Morgan fingerprint density at radius 3 is 2.77 bits per heavy atom. The summed E-state index contributed by atoms with van der Waals surface area (Å²) >= 11 is 0. The summed E-state index contributed by atoms with van der Waals surface area (Å²) in [7, 11) is 1.60. The van der Waals surface area contributed by atoms with Gasteiger partial charge in [0.25, 0.3) is 11.8 Å². The van der Waals surface area contributed by atoms with Crippen molar-refractivity contribution in [2.45, 2.75) is 26.2 Å². The minimum absolute atomic E-state index is 0.0143. The molecule has 1 saturated heterocycles. The Hall–Kier alpha value is -3.42. The van der Waals surface area contributed by atoms with E-state index in [4.69, 9.17) is 9.26 Å². The zero-order valence-corrected chi connectivity index (χ0v) is 18.1. The van der Waals surface area contributed by atoms with E-state index < -0.39 is 0 Å². The topological polar surface area (TPSA) is 84.6 Å². The second-order valence-electron chi connectivity index (χ2n) is 7.85. The van der Waals surface area contributed by atoms with Crippen LogP contribution in [0, 0.1) is 0 Å². The van der Waals surface area contributed by atoms with Crippen LogP contribution < -0.4 is 9.64 Å². The third-order valence-electron chi connectivity index (χ3n) is 5.37. The second-order valence-corrected chi connectivity index (χ2v) is 7.85. The molecule has 0 radical (unpaired) electrons. The number of ether oxygens (including phenoxy) is 1. The van der Waals surface area contributed by atoms with Gasteiger partial charge in [0, 0.05) is 43.9 Å². The fraction of sp³-hybridized carbons (Fsp3) is 0.391. The monoisotopic (exact) mass is 421 g/mol. The molecule has 0 N–H and O–H groups in total. The van der Waals surface area contributed by atoms with E-state index in [0.717, 1.165) is 24.3 Å². The molecule has 1 fully saturated rings. The first-order chi connectivity index (χ1) is 15.1. The molecule has 2 aromatic heterocycles. The number of carbonyl (C=O) groups is 1. The Balaban J connectivity index is 1.52. The molecule has 0 spiro atoms. The van der Waals surface area contributed by atoms with Crippen molar-refractivity contribution in [3.05, 3.63) is 54.0 Å². The van der Waals surface area contributed by atoms with Gasteiger partial charge in [-0.25, -0.2) is 4.98 Å². The van der Waals surface area contributed by atoms with Crippen LogP contribution in [-0.2, 0) is 0 Å². The molecule has 3 heterocycles. The predicted octanol–water partition coefficient (Wildman–Crippen LogP) is 3.62. The molecule has 162 valence electrons. The Morgan fingerprint density at radius 1 is 1.13 bits per heavy atom. The van der Waals surface area contributed by atoms with Crippen LogP contribution in [0.15, 0.2) is 47.1 Å². The van der Waals surface area contributed by atoms with Crippen LogP contribution in [0.1, 0.15) is 42.4 Å². The number of carbonyl (C=O) groups excluding carboxylic acids is 1. The van der Waals surface area contributed by atoms with Crippen LogP contribution in [0.5, 0.6) is 5.75 Å². The summed E-state index contributed by atoms with van der Waals surface area (Å²) in [5.41, 5.74) is 1.45. The predicted molar refractivity (Wildman–Crippen MR) is 117 cm³/mol. The quantitative estimate of drug-likeness (QED) is 0.622. The molecule has 1 amide bonds. The van der Waals surface area contributed by atoms with Gasteiger partial charge in [0.05, 0.1) is 12.7 Å². The summed E-state index contributed by atoms with van der Waals surface area (Å²) in [6, 6.07) is 11.1. The molecule has 0 unspecified atom stereocenters. The molecular formula is C23H27N5O3. The second kappa shape index (κ2) is 9.16. The minimum atomic E-state index is 0.0143. The number of benzene rings is 1. The fourth-order valence-electron chi connectivity index (χ4n) is 3.67. The molecule has 31 heavy (non-hydrogen) atoms. The van der Waals surface area contributed by atoms with Crippen molar-refractivity contribution in [1.82, 2.24) is 20.0 Å². The standard InChI is InChI=1S/C23H27N5O3/c1-16(2)20-25-22(31-26-20)19-9-5-10-24-21(19)27-11-6-12-28(14-13-27)23(29)17-7-4-8-18(15-17)30-3/h4-5,7-10,15-16H,6,11-14H2,1-3H3.